The number of hydrogen-bond donors (Lipinski definition) is 4. The molecule has 0 atom stereocenters. The highest BCUT2D eigenvalue weighted by atomic mass is 32.2. The van der Waals surface area contributed by atoms with E-state index in [0.29, 0.717) is 5.75 Å². The van der Waals surface area contributed by atoms with Crippen LogP contribution in [0.1, 0.15) is 10.4 Å². The van der Waals surface area contributed by atoms with Crippen molar-refractivity contribution in [2.45, 2.75) is 4.90 Å². The molecule has 0 aromatic heterocycles. The van der Waals surface area contributed by atoms with Gasteiger partial charge in [0.25, 0.3) is 21.8 Å². The number of amides is 2. The lowest BCUT2D eigenvalue weighted by atomic mass is 10.2. The Morgan fingerprint density at radius 1 is 1.14 bits per heavy atom. The van der Waals surface area contributed by atoms with Crippen LogP contribution in [0.3, 0.4) is 0 Å². The number of sulfonamides is 1. The van der Waals surface area contributed by atoms with E-state index in [2.05, 4.69) is 15.4 Å². The second kappa shape index (κ2) is 7.56. The van der Waals surface area contributed by atoms with E-state index in [9.17, 15) is 22.8 Å². The number of carbonyl (C=O) groups excluding carboxylic acids is 2. The number of anilines is 2. The van der Waals surface area contributed by atoms with Gasteiger partial charge in [0.2, 0.25) is 0 Å². The number of benzene rings is 2. The number of carbonyl (C=O) groups is 3. The minimum Gasteiger partial charge on any atom is -0.482 e. The van der Waals surface area contributed by atoms with Gasteiger partial charge in [0.15, 0.2) is 6.61 Å². The molecule has 0 radical (unpaired) electrons. The monoisotopic (exact) mass is 405 g/mol. The number of rotatable bonds is 6. The van der Waals surface area contributed by atoms with Crippen molar-refractivity contribution >= 4 is 39.2 Å². The molecule has 2 aromatic rings. The maximum Gasteiger partial charge on any atom is 0.322 e. The number of hydrogen-bond acceptors (Lipinski definition) is 6. The van der Waals surface area contributed by atoms with Gasteiger partial charge in [-0.2, -0.15) is 0 Å². The SMILES string of the molecule is O=C(O)CNC(=O)c1ccc(NS(=O)(=O)c2ccc3c(c2)NC(=O)CO3)cc1. The van der Waals surface area contributed by atoms with Crippen LogP contribution in [0.4, 0.5) is 11.4 Å². The molecule has 1 aliphatic rings. The summed E-state index contributed by atoms with van der Waals surface area (Å²) in [6, 6.07) is 9.52. The second-order valence-electron chi connectivity index (χ2n) is 5.75. The molecule has 10 nitrogen and oxygen atoms in total. The largest absolute Gasteiger partial charge is 0.482 e. The molecule has 1 aliphatic heterocycles. The van der Waals surface area contributed by atoms with Gasteiger partial charge in [-0.3, -0.25) is 19.1 Å². The van der Waals surface area contributed by atoms with E-state index in [0.717, 1.165) is 0 Å². The Morgan fingerprint density at radius 3 is 2.54 bits per heavy atom. The standard InChI is InChI=1S/C17H15N3O7S/c21-15-9-27-14-6-5-12(7-13(14)19-15)28(25,26)20-11-3-1-10(2-4-11)17(24)18-8-16(22)23/h1-7,20H,8-9H2,(H,18,24)(H,19,21)(H,22,23). The van der Waals surface area contributed by atoms with Crippen molar-refractivity contribution in [2.75, 3.05) is 23.2 Å². The first kappa shape index (κ1) is 19.2. The Bertz CT molecular complexity index is 1050. The van der Waals surface area contributed by atoms with Crippen LogP contribution in [0.25, 0.3) is 0 Å². The number of fused-ring (bicyclic) bond motifs is 1. The van der Waals surface area contributed by atoms with Crippen LogP contribution in [-0.2, 0) is 19.6 Å². The molecule has 0 unspecified atom stereocenters. The van der Waals surface area contributed by atoms with Gasteiger partial charge in [-0.25, -0.2) is 8.42 Å². The van der Waals surface area contributed by atoms with E-state index in [1.807, 2.05) is 0 Å². The lowest BCUT2D eigenvalue weighted by molar-refractivity contribution is -0.135. The molecule has 2 amide bonds. The zero-order chi connectivity index (χ0) is 20.3. The zero-order valence-electron chi connectivity index (χ0n) is 14.3. The molecule has 0 saturated carbocycles. The van der Waals surface area contributed by atoms with Crippen LogP contribution < -0.4 is 20.1 Å². The Kier molecular flexibility index (Phi) is 5.18. The fourth-order valence-corrected chi connectivity index (χ4v) is 3.48. The summed E-state index contributed by atoms with van der Waals surface area (Å²) in [6.07, 6.45) is 0. The molecule has 0 fully saturated rings. The van der Waals surface area contributed by atoms with E-state index < -0.39 is 28.4 Å². The van der Waals surface area contributed by atoms with Gasteiger partial charge in [0, 0.05) is 11.3 Å². The maximum absolute atomic E-state index is 12.6. The summed E-state index contributed by atoms with van der Waals surface area (Å²) in [5, 5.41) is 13.3. The summed E-state index contributed by atoms with van der Waals surface area (Å²) in [7, 11) is -3.95. The average molecular weight is 405 g/mol. The third-order valence-corrected chi connectivity index (χ3v) is 5.07. The van der Waals surface area contributed by atoms with Crippen LogP contribution in [0.2, 0.25) is 0 Å². The molecule has 0 spiro atoms. The molecular formula is C17H15N3O7S. The molecule has 146 valence electrons. The Labute approximate surface area is 159 Å². The lowest BCUT2D eigenvalue weighted by Gasteiger charge is -2.18. The highest BCUT2D eigenvalue weighted by Crippen LogP contribution is 2.30. The summed E-state index contributed by atoms with van der Waals surface area (Å²) in [6.45, 7) is -0.657. The number of carboxylic acids is 1. The molecule has 1 heterocycles. The van der Waals surface area contributed by atoms with Gasteiger partial charge in [0.05, 0.1) is 10.6 Å². The van der Waals surface area contributed by atoms with Crippen molar-refractivity contribution in [3.05, 3.63) is 48.0 Å². The van der Waals surface area contributed by atoms with Crippen LogP contribution in [0, 0.1) is 0 Å². The van der Waals surface area contributed by atoms with Gasteiger partial charge in [-0.1, -0.05) is 0 Å². The fourth-order valence-electron chi connectivity index (χ4n) is 2.39. The van der Waals surface area contributed by atoms with Crippen LogP contribution in [-0.4, -0.2) is 44.5 Å². The summed E-state index contributed by atoms with van der Waals surface area (Å²) < 4.78 is 32.7. The van der Waals surface area contributed by atoms with Crippen molar-refractivity contribution in [1.29, 1.82) is 0 Å². The minimum absolute atomic E-state index is 0.0830. The smallest absolute Gasteiger partial charge is 0.322 e. The van der Waals surface area contributed by atoms with Crippen molar-refractivity contribution in [1.82, 2.24) is 5.32 Å². The molecule has 4 N–H and O–H groups in total. The van der Waals surface area contributed by atoms with Gasteiger partial charge in [-0.05, 0) is 42.5 Å². The van der Waals surface area contributed by atoms with E-state index in [-0.39, 0.29) is 34.3 Å². The number of nitrogens with one attached hydrogen (secondary N) is 3. The van der Waals surface area contributed by atoms with E-state index in [1.165, 1.54) is 42.5 Å². The second-order valence-corrected chi connectivity index (χ2v) is 7.44. The highest BCUT2D eigenvalue weighted by Gasteiger charge is 2.21. The van der Waals surface area contributed by atoms with Crippen molar-refractivity contribution in [3.63, 3.8) is 0 Å². The lowest BCUT2D eigenvalue weighted by Crippen LogP contribution is -2.29. The fraction of sp³-hybridized carbons (Fsp3) is 0.118. The Morgan fingerprint density at radius 2 is 1.86 bits per heavy atom. The van der Waals surface area contributed by atoms with Crippen LogP contribution in [0.15, 0.2) is 47.4 Å². The van der Waals surface area contributed by atoms with Gasteiger partial charge in [-0.15, -0.1) is 0 Å². The average Bonchev–Trinajstić information content (AvgIpc) is 2.65. The van der Waals surface area contributed by atoms with Crippen LogP contribution in [0.5, 0.6) is 5.75 Å². The van der Waals surface area contributed by atoms with Crippen molar-refractivity contribution in [2.24, 2.45) is 0 Å². The van der Waals surface area contributed by atoms with E-state index >= 15 is 0 Å². The molecule has 28 heavy (non-hydrogen) atoms. The molecule has 0 bridgehead atoms. The van der Waals surface area contributed by atoms with Gasteiger partial charge in [0.1, 0.15) is 12.3 Å². The third-order valence-electron chi connectivity index (χ3n) is 3.69. The first-order valence-corrected chi connectivity index (χ1v) is 9.42. The normalized spacial score (nSPS) is 12.9. The molecule has 3 rings (SSSR count). The van der Waals surface area contributed by atoms with Gasteiger partial charge < -0.3 is 20.5 Å². The maximum atomic E-state index is 12.6. The molecule has 2 aromatic carbocycles. The summed E-state index contributed by atoms with van der Waals surface area (Å²) in [5.74, 6) is -1.78. The number of aliphatic carboxylic acids is 1. The van der Waals surface area contributed by atoms with Gasteiger partial charge >= 0.3 is 5.97 Å². The van der Waals surface area contributed by atoms with Crippen LogP contribution >= 0.6 is 0 Å². The summed E-state index contributed by atoms with van der Waals surface area (Å²) in [4.78, 5) is 33.5. The topological polar surface area (TPSA) is 151 Å². The molecular weight excluding hydrogens is 390 g/mol. The van der Waals surface area contributed by atoms with E-state index in [4.69, 9.17) is 9.84 Å². The first-order valence-electron chi connectivity index (χ1n) is 7.94. The quantitative estimate of drug-likeness (QED) is 0.550. The molecule has 0 saturated heterocycles. The third kappa shape index (κ3) is 4.38. The van der Waals surface area contributed by atoms with E-state index in [1.54, 1.807) is 0 Å². The molecule has 11 heteroatoms. The Balaban J connectivity index is 1.74. The van der Waals surface area contributed by atoms with Crippen molar-refractivity contribution in [3.8, 4) is 5.75 Å². The number of carboxylic acid groups (broad SMARTS) is 1. The summed E-state index contributed by atoms with van der Waals surface area (Å²) in [5.41, 5.74) is 0.634. The summed E-state index contributed by atoms with van der Waals surface area (Å²) >= 11 is 0. The van der Waals surface area contributed by atoms with Crippen molar-refractivity contribution < 1.29 is 32.6 Å². The number of ether oxygens (including phenoxy) is 1. The predicted molar refractivity (Wildman–Crippen MR) is 97.8 cm³/mol. The predicted octanol–water partition coefficient (Wildman–Crippen LogP) is 0.633. The first-order chi connectivity index (χ1) is 13.2. The highest BCUT2D eigenvalue weighted by molar-refractivity contribution is 7.92. The Hall–Kier alpha value is -3.60. The molecule has 0 aliphatic carbocycles. The minimum atomic E-state index is -3.95. The zero-order valence-corrected chi connectivity index (χ0v) is 15.1.